The summed E-state index contributed by atoms with van der Waals surface area (Å²) in [4.78, 5) is 18.7. The summed E-state index contributed by atoms with van der Waals surface area (Å²) in [6, 6.07) is 14.7. The maximum absolute atomic E-state index is 14.0. The maximum atomic E-state index is 14.0. The van der Waals surface area contributed by atoms with E-state index < -0.39 is 0 Å². The molecular weight excluding hydrogens is 416 g/mol. The van der Waals surface area contributed by atoms with Gasteiger partial charge in [-0.1, -0.05) is 37.3 Å². The van der Waals surface area contributed by atoms with Crippen molar-refractivity contribution >= 4 is 11.7 Å². The summed E-state index contributed by atoms with van der Waals surface area (Å²) in [5, 5.41) is 7.70. The Morgan fingerprint density at radius 3 is 2.70 bits per heavy atom. The minimum absolute atomic E-state index is 0.0301. The van der Waals surface area contributed by atoms with E-state index >= 15 is 0 Å². The van der Waals surface area contributed by atoms with Crippen LogP contribution in [0.2, 0.25) is 0 Å². The Morgan fingerprint density at radius 2 is 1.94 bits per heavy atom. The van der Waals surface area contributed by atoms with Gasteiger partial charge in [-0.3, -0.25) is 15.1 Å². The van der Waals surface area contributed by atoms with Gasteiger partial charge in [0.1, 0.15) is 5.84 Å². The van der Waals surface area contributed by atoms with Crippen molar-refractivity contribution in [1.29, 1.82) is 5.41 Å². The normalized spacial score (nSPS) is 30.0. The number of amidine groups is 1. The Balaban J connectivity index is 1.33. The molecule has 172 valence electrons. The standard InChI is InChI=1S/C26H30N4O3/c1-2-18-22-19-4-3-11-29(19)24(16-6-8-17(9-7-16)25(27)28)23(22)26(31)30(18)13-15-5-10-20-21(12-15)33-14-32-20/h5-10,12,18-19,22-24H,2-4,11,13-14H2,1H3,(H3,27,28)/t18-,19+,22+,23+,24+/m1/s1. The molecular formula is C26H30N4O3. The van der Waals surface area contributed by atoms with Crippen LogP contribution in [-0.2, 0) is 11.3 Å². The van der Waals surface area contributed by atoms with Crippen molar-refractivity contribution in [2.24, 2.45) is 17.6 Å². The number of benzene rings is 2. The molecule has 3 fully saturated rings. The zero-order valence-electron chi connectivity index (χ0n) is 18.9. The summed E-state index contributed by atoms with van der Waals surface area (Å²) in [5.41, 5.74) is 8.63. The highest BCUT2D eigenvalue weighted by Gasteiger charge is 2.61. The number of carbonyl (C=O) groups is 1. The Morgan fingerprint density at radius 1 is 1.15 bits per heavy atom. The number of hydrogen-bond acceptors (Lipinski definition) is 5. The van der Waals surface area contributed by atoms with Gasteiger partial charge in [0.25, 0.3) is 0 Å². The lowest BCUT2D eigenvalue weighted by molar-refractivity contribution is -0.134. The van der Waals surface area contributed by atoms with Gasteiger partial charge in [-0.2, -0.15) is 0 Å². The van der Waals surface area contributed by atoms with Gasteiger partial charge in [0.05, 0.1) is 5.92 Å². The number of carbonyl (C=O) groups excluding carboxylic acids is 1. The van der Waals surface area contributed by atoms with E-state index in [-0.39, 0.29) is 36.5 Å². The highest BCUT2D eigenvalue weighted by atomic mass is 16.7. The summed E-state index contributed by atoms with van der Waals surface area (Å²) in [6.45, 7) is 4.11. The van der Waals surface area contributed by atoms with Crippen molar-refractivity contribution in [3.63, 3.8) is 0 Å². The summed E-state index contributed by atoms with van der Waals surface area (Å²) in [6.07, 6.45) is 3.30. The SMILES string of the molecule is CC[C@@H]1[C@@H]2[C@H](C(=O)N1Cc1ccc3c(c1)OCO3)[C@H](c1ccc(C(=N)N)cc1)N1CCC[C@@H]21. The molecule has 6 rings (SSSR count). The number of nitrogens with two attached hydrogens (primary N) is 1. The molecule has 2 aromatic carbocycles. The molecule has 4 aliphatic rings. The summed E-state index contributed by atoms with van der Waals surface area (Å²) < 4.78 is 11.0. The largest absolute Gasteiger partial charge is 0.454 e. The molecule has 0 aromatic heterocycles. The van der Waals surface area contributed by atoms with Crippen molar-refractivity contribution in [3.8, 4) is 11.5 Å². The topological polar surface area (TPSA) is 91.9 Å². The predicted molar refractivity (Wildman–Crippen MR) is 124 cm³/mol. The van der Waals surface area contributed by atoms with Gasteiger partial charge in [0.15, 0.2) is 11.5 Å². The highest BCUT2D eigenvalue weighted by Crippen LogP contribution is 2.55. The number of hydrogen-bond donors (Lipinski definition) is 2. The third kappa shape index (κ3) is 3.13. The van der Waals surface area contributed by atoms with Gasteiger partial charge in [0.2, 0.25) is 12.7 Å². The zero-order chi connectivity index (χ0) is 22.7. The number of nitrogens with zero attached hydrogens (tertiary/aromatic N) is 2. The monoisotopic (exact) mass is 446 g/mol. The van der Waals surface area contributed by atoms with E-state index in [0.29, 0.717) is 18.5 Å². The van der Waals surface area contributed by atoms with Crippen LogP contribution < -0.4 is 15.2 Å². The molecule has 5 atom stereocenters. The first-order valence-electron chi connectivity index (χ1n) is 12.0. The van der Waals surface area contributed by atoms with Gasteiger partial charge in [-0.25, -0.2) is 0 Å². The van der Waals surface area contributed by atoms with Crippen LogP contribution in [-0.4, -0.2) is 47.0 Å². The van der Waals surface area contributed by atoms with E-state index in [1.54, 1.807) is 0 Å². The first-order chi connectivity index (χ1) is 16.1. The summed E-state index contributed by atoms with van der Waals surface area (Å²) >= 11 is 0. The van der Waals surface area contributed by atoms with E-state index in [1.807, 2.05) is 30.3 Å². The lowest BCUT2D eigenvalue weighted by Crippen LogP contribution is -2.41. The number of nitrogen functional groups attached to an aromatic ring is 1. The van der Waals surface area contributed by atoms with Crippen LogP contribution >= 0.6 is 0 Å². The molecule has 0 unspecified atom stereocenters. The van der Waals surface area contributed by atoms with Crippen molar-refractivity contribution in [3.05, 3.63) is 59.2 Å². The smallest absolute Gasteiger partial charge is 0.231 e. The Bertz CT molecular complexity index is 1100. The van der Waals surface area contributed by atoms with Crippen molar-refractivity contribution in [2.75, 3.05) is 13.3 Å². The number of amides is 1. The summed E-state index contributed by atoms with van der Waals surface area (Å²) in [7, 11) is 0. The predicted octanol–water partition coefficient (Wildman–Crippen LogP) is 3.27. The first-order valence-corrected chi connectivity index (χ1v) is 12.0. The number of likely N-dealkylation sites (tertiary alicyclic amines) is 1. The fraction of sp³-hybridized carbons (Fsp3) is 0.462. The average Bonchev–Trinajstić information content (AvgIpc) is 3.57. The molecule has 0 radical (unpaired) electrons. The lowest BCUT2D eigenvalue weighted by Gasteiger charge is -2.33. The molecule has 0 saturated carbocycles. The van der Waals surface area contributed by atoms with E-state index in [0.717, 1.165) is 47.6 Å². The number of rotatable bonds is 5. The Labute approximate surface area is 194 Å². The van der Waals surface area contributed by atoms with E-state index in [9.17, 15) is 4.79 Å². The van der Waals surface area contributed by atoms with Gasteiger partial charge < -0.3 is 20.1 Å². The van der Waals surface area contributed by atoms with Gasteiger partial charge in [-0.05, 0) is 49.1 Å². The van der Waals surface area contributed by atoms with E-state index in [1.165, 1.54) is 6.42 Å². The first kappa shape index (κ1) is 20.5. The van der Waals surface area contributed by atoms with Crippen molar-refractivity contribution in [1.82, 2.24) is 9.80 Å². The van der Waals surface area contributed by atoms with Crippen molar-refractivity contribution in [2.45, 2.75) is 50.9 Å². The van der Waals surface area contributed by atoms with Crippen LogP contribution in [0.25, 0.3) is 0 Å². The van der Waals surface area contributed by atoms with Crippen LogP contribution in [0.15, 0.2) is 42.5 Å². The molecule has 4 aliphatic heterocycles. The second kappa shape index (κ2) is 7.76. The quantitative estimate of drug-likeness (QED) is 0.543. The molecule has 0 spiro atoms. The molecule has 3 saturated heterocycles. The fourth-order valence-corrected chi connectivity index (χ4v) is 6.77. The Kier molecular flexibility index (Phi) is 4.83. The third-order valence-corrected chi connectivity index (χ3v) is 8.08. The minimum Gasteiger partial charge on any atom is -0.454 e. The number of nitrogens with one attached hydrogen (secondary N) is 1. The molecule has 7 nitrogen and oxygen atoms in total. The van der Waals surface area contributed by atoms with Crippen LogP contribution in [0.1, 0.15) is 48.9 Å². The molecule has 3 N–H and O–H groups in total. The van der Waals surface area contributed by atoms with Gasteiger partial charge in [0, 0.05) is 36.2 Å². The second-order valence-corrected chi connectivity index (χ2v) is 9.66. The Hall–Kier alpha value is -3.06. The van der Waals surface area contributed by atoms with Crippen LogP contribution in [0.5, 0.6) is 11.5 Å². The second-order valence-electron chi connectivity index (χ2n) is 9.66. The minimum atomic E-state index is -0.0301. The molecule has 1 amide bonds. The van der Waals surface area contributed by atoms with Crippen LogP contribution in [0.4, 0.5) is 0 Å². The summed E-state index contributed by atoms with van der Waals surface area (Å²) in [5.74, 6) is 2.18. The van der Waals surface area contributed by atoms with Crippen LogP contribution in [0.3, 0.4) is 0 Å². The molecule has 0 bridgehead atoms. The van der Waals surface area contributed by atoms with E-state index in [2.05, 4.69) is 28.9 Å². The zero-order valence-corrected chi connectivity index (χ0v) is 18.9. The van der Waals surface area contributed by atoms with Crippen molar-refractivity contribution < 1.29 is 14.3 Å². The molecule has 0 aliphatic carbocycles. The van der Waals surface area contributed by atoms with Gasteiger partial charge >= 0.3 is 0 Å². The maximum Gasteiger partial charge on any atom is 0.231 e. The average molecular weight is 447 g/mol. The van der Waals surface area contributed by atoms with E-state index in [4.69, 9.17) is 20.6 Å². The highest BCUT2D eigenvalue weighted by molar-refractivity contribution is 5.95. The molecule has 33 heavy (non-hydrogen) atoms. The number of ether oxygens (including phenoxy) is 2. The number of fused-ring (bicyclic) bond motifs is 4. The fourth-order valence-electron chi connectivity index (χ4n) is 6.77. The lowest BCUT2D eigenvalue weighted by atomic mass is 9.81. The van der Waals surface area contributed by atoms with Gasteiger partial charge in [-0.15, -0.1) is 0 Å². The molecule has 4 heterocycles. The van der Waals surface area contributed by atoms with Crippen LogP contribution in [0, 0.1) is 17.2 Å². The molecule has 2 aromatic rings. The molecule has 7 heteroatoms. The third-order valence-electron chi connectivity index (χ3n) is 8.08.